The highest BCUT2D eigenvalue weighted by Crippen LogP contribution is 2.27. The molecule has 0 saturated carbocycles. The van der Waals surface area contributed by atoms with Crippen molar-refractivity contribution in [2.45, 2.75) is 6.92 Å². The molecule has 0 radical (unpaired) electrons. The molecule has 0 unspecified atom stereocenters. The Morgan fingerprint density at radius 2 is 1.57 bits per heavy atom. The molecule has 0 spiro atoms. The minimum Gasteiger partial charge on any atom is -0.452 e. The monoisotopic (exact) mass is 371 g/mol. The highest BCUT2D eigenvalue weighted by Gasteiger charge is 2.09. The molecule has 28 heavy (non-hydrogen) atoms. The van der Waals surface area contributed by atoms with E-state index in [1.165, 1.54) is 6.08 Å². The first-order chi connectivity index (χ1) is 13.6. The summed E-state index contributed by atoms with van der Waals surface area (Å²) in [6, 6.07) is 25.0. The third-order valence-corrected chi connectivity index (χ3v) is 4.12. The lowest BCUT2D eigenvalue weighted by Crippen LogP contribution is -2.20. The Morgan fingerprint density at radius 3 is 2.32 bits per heavy atom. The summed E-state index contributed by atoms with van der Waals surface area (Å²) in [4.78, 5) is 24.0. The van der Waals surface area contributed by atoms with Crippen molar-refractivity contribution in [3.05, 3.63) is 96.1 Å². The standard InChI is InChI=1S/C24H21NO3/c1-18-11-13-19(14-12-18)15-16-24(27)28-17-23(26)25-22-10-6-5-9-21(22)20-7-3-2-4-8-20/h2-16H,17H2,1H3,(H,25,26)/b16-15+. The number of carbonyl (C=O) groups excluding carboxylic acids is 2. The van der Waals surface area contributed by atoms with Gasteiger partial charge in [-0.1, -0.05) is 78.4 Å². The molecule has 4 nitrogen and oxygen atoms in total. The highest BCUT2D eigenvalue weighted by atomic mass is 16.5. The van der Waals surface area contributed by atoms with Crippen LogP contribution in [0.3, 0.4) is 0 Å². The van der Waals surface area contributed by atoms with Gasteiger partial charge in [0.1, 0.15) is 0 Å². The van der Waals surface area contributed by atoms with E-state index >= 15 is 0 Å². The van der Waals surface area contributed by atoms with E-state index in [9.17, 15) is 9.59 Å². The van der Waals surface area contributed by atoms with Crippen molar-refractivity contribution < 1.29 is 14.3 Å². The topological polar surface area (TPSA) is 55.4 Å². The van der Waals surface area contributed by atoms with Crippen molar-refractivity contribution in [2.75, 3.05) is 11.9 Å². The molecule has 0 fully saturated rings. The van der Waals surface area contributed by atoms with Crippen LogP contribution in [-0.2, 0) is 14.3 Å². The first-order valence-electron chi connectivity index (χ1n) is 8.97. The minimum absolute atomic E-state index is 0.347. The molecule has 3 aromatic carbocycles. The first-order valence-corrected chi connectivity index (χ1v) is 8.97. The smallest absolute Gasteiger partial charge is 0.331 e. The number of amides is 1. The van der Waals surface area contributed by atoms with Crippen molar-refractivity contribution in [1.82, 2.24) is 0 Å². The van der Waals surface area contributed by atoms with Gasteiger partial charge in [0.15, 0.2) is 6.61 Å². The minimum atomic E-state index is -0.563. The van der Waals surface area contributed by atoms with Crippen molar-refractivity contribution in [3.8, 4) is 11.1 Å². The van der Waals surface area contributed by atoms with Crippen LogP contribution < -0.4 is 5.32 Å². The third kappa shape index (κ3) is 5.42. The fraction of sp³-hybridized carbons (Fsp3) is 0.0833. The van der Waals surface area contributed by atoms with Crippen LogP contribution in [0.25, 0.3) is 17.2 Å². The van der Waals surface area contributed by atoms with Crippen LogP contribution >= 0.6 is 0 Å². The van der Waals surface area contributed by atoms with Crippen molar-refractivity contribution in [2.24, 2.45) is 0 Å². The molecule has 0 saturated heterocycles. The van der Waals surface area contributed by atoms with E-state index < -0.39 is 5.97 Å². The van der Waals surface area contributed by atoms with E-state index in [0.29, 0.717) is 5.69 Å². The van der Waals surface area contributed by atoms with E-state index in [-0.39, 0.29) is 12.5 Å². The van der Waals surface area contributed by atoms with Gasteiger partial charge in [-0.05, 0) is 30.2 Å². The molecular weight excluding hydrogens is 350 g/mol. The Labute approximate surface area is 164 Å². The normalized spacial score (nSPS) is 10.6. The van der Waals surface area contributed by atoms with Gasteiger partial charge in [-0.3, -0.25) is 4.79 Å². The molecule has 0 aromatic heterocycles. The number of hydrogen-bond donors (Lipinski definition) is 1. The molecule has 0 bridgehead atoms. The van der Waals surface area contributed by atoms with Crippen molar-refractivity contribution >= 4 is 23.6 Å². The van der Waals surface area contributed by atoms with Gasteiger partial charge in [0, 0.05) is 17.3 Å². The number of aryl methyl sites for hydroxylation is 1. The van der Waals surface area contributed by atoms with Gasteiger partial charge in [-0.2, -0.15) is 0 Å². The summed E-state index contributed by atoms with van der Waals surface area (Å²) in [5.74, 6) is -0.951. The Balaban J connectivity index is 1.56. The third-order valence-electron chi connectivity index (χ3n) is 4.12. The summed E-state index contributed by atoms with van der Waals surface area (Å²) < 4.78 is 5.03. The maximum Gasteiger partial charge on any atom is 0.331 e. The van der Waals surface area contributed by atoms with Crippen LogP contribution in [0.2, 0.25) is 0 Å². The average Bonchev–Trinajstić information content (AvgIpc) is 2.73. The maximum atomic E-state index is 12.2. The first kappa shape index (κ1) is 19.1. The number of esters is 1. The Hall–Kier alpha value is -3.66. The Morgan fingerprint density at radius 1 is 0.893 bits per heavy atom. The van der Waals surface area contributed by atoms with E-state index in [1.807, 2.05) is 85.8 Å². The zero-order chi connectivity index (χ0) is 19.8. The Bertz CT molecular complexity index is 976. The molecule has 0 aliphatic rings. The molecule has 0 heterocycles. The zero-order valence-electron chi connectivity index (χ0n) is 15.6. The number of hydrogen-bond acceptors (Lipinski definition) is 3. The highest BCUT2D eigenvalue weighted by molar-refractivity contribution is 5.97. The SMILES string of the molecule is Cc1ccc(/C=C/C(=O)OCC(=O)Nc2ccccc2-c2ccccc2)cc1. The van der Waals surface area contributed by atoms with Gasteiger partial charge < -0.3 is 10.1 Å². The molecule has 3 aromatic rings. The summed E-state index contributed by atoms with van der Waals surface area (Å²) in [5.41, 5.74) is 4.61. The molecule has 1 N–H and O–H groups in total. The lowest BCUT2D eigenvalue weighted by Gasteiger charge is -2.11. The van der Waals surface area contributed by atoms with Gasteiger partial charge in [0.25, 0.3) is 5.91 Å². The largest absolute Gasteiger partial charge is 0.452 e. The van der Waals surface area contributed by atoms with Crippen molar-refractivity contribution in [1.29, 1.82) is 0 Å². The number of benzene rings is 3. The molecule has 1 amide bonds. The predicted octanol–water partition coefficient (Wildman–Crippen LogP) is 4.86. The molecule has 140 valence electrons. The number of ether oxygens (including phenoxy) is 1. The van der Waals surface area contributed by atoms with Gasteiger partial charge in [-0.25, -0.2) is 4.79 Å². The number of rotatable bonds is 6. The van der Waals surface area contributed by atoms with Crippen LogP contribution in [-0.4, -0.2) is 18.5 Å². The fourth-order valence-corrected chi connectivity index (χ4v) is 2.67. The summed E-state index contributed by atoms with van der Waals surface area (Å²) in [5, 5.41) is 2.80. The average molecular weight is 371 g/mol. The maximum absolute atomic E-state index is 12.2. The van der Waals surface area contributed by atoms with Crippen LogP contribution in [0.15, 0.2) is 84.9 Å². The lowest BCUT2D eigenvalue weighted by molar-refractivity contribution is -0.142. The summed E-state index contributed by atoms with van der Waals surface area (Å²) >= 11 is 0. The van der Waals surface area contributed by atoms with Gasteiger partial charge in [-0.15, -0.1) is 0 Å². The molecular formula is C24H21NO3. The van der Waals surface area contributed by atoms with Crippen LogP contribution in [0.4, 0.5) is 5.69 Å². The van der Waals surface area contributed by atoms with Gasteiger partial charge in [0.2, 0.25) is 0 Å². The van der Waals surface area contributed by atoms with E-state index in [4.69, 9.17) is 4.74 Å². The molecule has 0 aliphatic carbocycles. The Kier molecular flexibility index (Phi) is 6.37. The molecule has 3 rings (SSSR count). The summed E-state index contributed by atoms with van der Waals surface area (Å²) in [6.07, 6.45) is 2.97. The quantitative estimate of drug-likeness (QED) is 0.497. The lowest BCUT2D eigenvalue weighted by atomic mass is 10.0. The van der Waals surface area contributed by atoms with Gasteiger partial charge in [0.05, 0.1) is 0 Å². The second-order valence-corrected chi connectivity index (χ2v) is 6.31. The zero-order valence-corrected chi connectivity index (χ0v) is 15.6. The summed E-state index contributed by atoms with van der Waals surface area (Å²) in [6.45, 7) is 1.65. The van der Waals surface area contributed by atoms with Crippen LogP contribution in [0.5, 0.6) is 0 Å². The predicted molar refractivity (Wildman–Crippen MR) is 112 cm³/mol. The summed E-state index contributed by atoms with van der Waals surface area (Å²) in [7, 11) is 0. The number of anilines is 1. The van der Waals surface area contributed by atoms with Crippen LogP contribution in [0, 0.1) is 6.92 Å². The number of nitrogens with one attached hydrogen (secondary N) is 1. The number of para-hydroxylation sites is 1. The fourth-order valence-electron chi connectivity index (χ4n) is 2.67. The van der Waals surface area contributed by atoms with E-state index in [0.717, 1.165) is 22.3 Å². The number of carbonyl (C=O) groups is 2. The van der Waals surface area contributed by atoms with E-state index in [1.54, 1.807) is 6.08 Å². The van der Waals surface area contributed by atoms with Crippen molar-refractivity contribution in [3.63, 3.8) is 0 Å². The van der Waals surface area contributed by atoms with E-state index in [2.05, 4.69) is 5.32 Å². The molecule has 4 heteroatoms. The second-order valence-electron chi connectivity index (χ2n) is 6.31. The second kappa shape index (κ2) is 9.33. The molecule has 0 aliphatic heterocycles. The van der Waals surface area contributed by atoms with Crippen LogP contribution in [0.1, 0.15) is 11.1 Å². The molecule has 0 atom stereocenters. The van der Waals surface area contributed by atoms with Gasteiger partial charge >= 0.3 is 5.97 Å².